The van der Waals surface area contributed by atoms with E-state index in [4.69, 9.17) is 4.74 Å². The molecule has 8 nitrogen and oxygen atoms in total. The topological polar surface area (TPSA) is 105 Å². The average Bonchev–Trinajstić information content (AvgIpc) is 2.78. The fourth-order valence-corrected chi connectivity index (χ4v) is 3.48. The van der Waals surface area contributed by atoms with Crippen molar-refractivity contribution in [2.45, 2.75) is 59.1 Å². The Morgan fingerprint density at radius 1 is 1.03 bits per heavy atom. The Kier molecular flexibility index (Phi) is 8.41. The summed E-state index contributed by atoms with van der Waals surface area (Å²) in [7, 11) is 0. The fourth-order valence-electron chi connectivity index (χ4n) is 3.48. The maximum Gasteiger partial charge on any atom is 0.408 e. The Morgan fingerprint density at radius 3 is 2.43 bits per heavy atom. The second-order valence-corrected chi connectivity index (χ2v) is 9.27. The largest absolute Gasteiger partial charge is 0.444 e. The van der Waals surface area contributed by atoms with Crippen molar-refractivity contribution in [1.29, 1.82) is 0 Å². The summed E-state index contributed by atoms with van der Waals surface area (Å²) in [4.78, 5) is 34.2. The van der Waals surface area contributed by atoms with E-state index in [1.165, 1.54) is 6.33 Å². The van der Waals surface area contributed by atoms with Gasteiger partial charge in [-0.05, 0) is 57.4 Å². The van der Waals surface area contributed by atoms with Crippen LogP contribution in [0.15, 0.2) is 60.9 Å². The molecular weight excluding hydrogens is 442 g/mol. The molecule has 2 aromatic carbocycles. The molecular formula is C27H33N5O3. The van der Waals surface area contributed by atoms with Crippen molar-refractivity contribution in [1.82, 2.24) is 15.3 Å². The Hall–Kier alpha value is -3.94. The van der Waals surface area contributed by atoms with Crippen LogP contribution < -0.4 is 16.0 Å². The number of nitrogens with one attached hydrogen (secondary N) is 3. The lowest BCUT2D eigenvalue weighted by atomic mass is 10.0. The van der Waals surface area contributed by atoms with Crippen LogP contribution in [0.25, 0.3) is 0 Å². The number of amides is 2. The number of aromatic nitrogens is 2. The van der Waals surface area contributed by atoms with Crippen molar-refractivity contribution in [3.63, 3.8) is 0 Å². The molecule has 2 amide bonds. The number of carbonyl (C=O) groups excluding carboxylic acids is 2. The Balaban J connectivity index is 1.82. The van der Waals surface area contributed by atoms with Gasteiger partial charge in [0.25, 0.3) is 0 Å². The molecule has 0 spiro atoms. The van der Waals surface area contributed by atoms with Gasteiger partial charge in [-0.1, -0.05) is 43.3 Å². The maximum atomic E-state index is 13.4. The van der Waals surface area contributed by atoms with Crippen molar-refractivity contribution >= 4 is 29.2 Å². The van der Waals surface area contributed by atoms with Crippen LogP contribution in [0.3, 0.4) is 0 Å². The zero-order valence-electron chi connectivity index (χ0n) is 20.9. The van der Waals surface area contributed by atoms with Gasteiger partial charge in [0.1, 0.15) is 23.8 Å². The highest BCUT2D eigenvalue weighted by molar-refractivity contribution is 5.97. The van der Waals surface area contributed by atoms with Crippen molar-refractivity contribution < 1.29 is 14.3 Å². The van der Waals surface area contributed by atoms with Gasteiger partial charge >= 0.3 is 6.09 Å². The molecule has 1 unspecified atom stereocenters. The summed E-state index contributed by atoms with van der Waals surface area (Å²) in [6.45, 7) is 9.26. The second kappa shape index (κ2) is 11.5. The highest BCUT2D eigenvalue weighted by atomic mass is 16.6. The molecule has 184 valence electrons. The van der Waals surface area contributed by atoms with Gasteiger partial charge in [0, 0.05) is 29.6 Å². The van der Waals surface area contributed by atoms with Crippen LogP contribution in [0.4, 0.5) is 22.0 Å². The van der Waals surface area contributed by atoms with E-state index in [-0.39, 0.29) is 5.91 Å². The normalized spacial score (nSPS) is 11.9. The smallest absolute Gasteiger partial charge is 0.408 e. The number of anilines is 3. The zero-order valence-corrected chi connectivity index (χ0v) is 20.9. The molecule has 0 fully saturated rings. The lowest BCUT2D eigenvalue weighted by Crippen LogP contribution is -2.47. The lowest BCUT2D eigenvalue weighted by Gasteiger charge is -2.24. The highest BCUT2D eigenvalue weighted by Gasteiger charge is 2.25. The average molecular weight is 476 g/mol. The van der Waals surface area contributed by atoms with Crippen LogP contribution in [0.2, 0.25) is 0 Å². The van der Waals surface area contributed by atoms with Gasteiger partial charge in [0.2, 0.25) is 5.91 Å². The molecule has 8 heteroatoms. The summed E-state index contributed by atoms with van der Waals surface area (Å²) >= 11 is 0. The predicted molar refractivity (Wildman–Crippen MR) is 138 cm³/mol. The molecule has 3 N–H and O–H groups in total. The molecule has 1 aromatic heterocycles. The summed E-state index contributed by atoms with van der Waals surface area (Å²) in [5.74, 6) is 0.331. The number of benzene rings is 2. The molecule has 35 heavy (non-hydrogen) atoms. The van der Waals surface area contributed by atoms with Crippen LogP contribution in [0.5, 0.6) is 0 Å². The first-order valence-electron chi connectivity index (χ1n) is 11.7. The number of carbonyl (C=O) groups is 2. The molecule has 0 aliphatic carbocycles. The van der Waals surface area contributed by atoms with E-state index < -0.39 is 17.7 Å². The molecule has 0 radical (unpaired) electrons. The zero-order chi connectivity index (χ0) is 25.4. The van der Waals surface area contributed by atoms with Crippen LogP contribution in [0.1, 0.15) is 44.5 Å². The SMILES string of the molecule is CCc1ccc(Nc2cc(C)ncn2)cc1NC(=O)C(Cc1ccccc1)NC(=O)OC(C)(C)C. The molecule has 0 saturated carbocycles. The standard InChI is InChI=1S/C27H33N5O3/c1-6-20-12-13-21(30-24-14-18(2)28-17-29-24)16-22(20)31-25(33)23(15-19-10-8-7-9-11-19)32-26(34)35-27(3,4)5/h7-14,16-17,23H,6,15H2,1-5H3,(H,31,33)(H,32,34)(H,28,29,30). The van der Waals surface area contributed by atoms with Crippen LogP contribution in [0, 0.1) is 6.92 Å². The number of aryl methyl sites for hydroxylation is 2. The number of nitrogens with zero attached hydrogens (tertiary/aromatic N) is 2. The van der Waals surface area contributed by atoms with Gasteiger partial charge in [-0.25, -0.2) is 14.8 Å². The highest BCUT2D eigenvalue weighted by Crippen LogP contribution is 2.24. The minimum Gasteiger partial charge on any atom is -0.444 e. The van der Waals surface area contributed by atoms with E-state index in [1.54, 1.807) is 20.8 Å². The van der Waals surface area contributed by atoms with E-state index in [9.17, 15) is 9.59 Å². The number of rotatable bonds is 8. The third kappa shape index (κ3) is 8.10. The first kappa shape index (κ1) is 25.7. The van der Waals surface area contributed by atoms with Crippen molar-refractivity contribution in [3.8, 4) is 0 Å². The first-order valence-corrected chi connectivity index (χ1v) is 11.7. The monoisotopic (exact) mass is 475 g/mol. The molecule has 1 atom stereocenters. The number of hydrogen-bond donors (Lipinski definition) is 3. The summed E-state index contributed by atoms with van der Waals surface area (Å²) in [6, 6.07) is 16.3. The third-order valence-electron chi connectivity index (χ3n) is 5.11. The van der Waals surface area contributed by atoms with E-state index in [1.807, 2.05) is 68.4 Å². The molecule has 0 saturated heterocycles. The Bertz CT molecular complexity index is 1160. The molecule has 0 aliphatic rings. The summed E-state index contributed by atoms with van der Waals surface area (Å²) < 4.78 is 5.39. The van der Waals surface area contributed by atoms with Gasteiger partial charge in [0.15, 0.2) is 0 Å². The van der Waals surface area contributed by atoms with Gasteiger partial charge in [-0.15, -0.1) is 0 Å². The predicted octanol–water partition coefficient (Wildman–Crippen LogP) is 5.17. The van der Waals surface area contributed by atoms with E-state index >= 15 is 0 Å². The Labute approximate surface area is 206 Å². The van der Waals surface area contributed by atoms with Gasteiger partial charge in [-0.3, -0.25) is 4.79 Å². The molecule has 3 aromatic rings. The molecule has 3 rings (SSSR count). The second-order valence-electron chi connectivity index (χ2n) is 9.27. The summed E-state index contributed by atoms with van der Waals surface area (Å²) in [5, 5.41) is 8.98. The maximum absolute atomic E-state index is 13.4. The van der Waals surface area contributed by atoms with Crippen molar-refractivity contribution in [2.24, 2.45) is 0 Å². The van der Waals surface area contributed by atoms with Crippen LogP contribution >= 0.6 is 0 Å². The Morgan fingerprint density at radius 2 is 1.77 bits per heavy atom. The summed E-state index contributed by atoms with van der Waals surface area (Å²) in [6.07, 6.45) is 1.91. The van der Waals surface area contributed by atoms with Crippen molar-refractivity contribution in [3.05, 3.63) is 77.7 Å². The van der Waals surface area contributed by atoms with Gasteiger partial charge in [0.05, 0.1) is 0 Å². The lowest BCUT2D eigenvalue weighted by molar-refractivity contribution is -0.118. The number of ether oxygens (including phenoxy) is 1. The van der Waals surface area contributed by atoms with E-state index in [2.05, 4.69) is 25.9 Å². The molecule has 0 bridgehead atoms. The van der Waals surface area contributed by atoms with Crippen LogP contribution in [-0.2, 0) is 22.4 Å². The summed E-state index contributed by atoms with van der Waals surface area (Å²) in [5.41, 5.74) is 3.50. The quantitative estimate of drug-likeness (QED) is 0.415. The van der Waals surface area contributed by atoms with Gasteiger partial charge < -0.3 is 20.7 Å². The van der Waals surface area contributed by atoms with Crippen molar-refractivity contribution in [2.75, 3.05) is 10.6 Å². The molecule has 1 heterocycles. The van der Waals surface area contributed by atoms with E-state index in [0.29, 0.717) is 17.9 Å². The first-order chi connectivity index (χ1) is 16.6. The minimum absolute atomic E-state index is 0.325. The fraction of sp³-hybridized carbons (Fsp3) is 0.333. The third-order valence-corrected chi connectivity index (χ3v) is 5.11. The minimum atomic E-state index is -0.821. The number of alkyl carbamates (subject to hydrolysis) is 1. The molecule has 0 aliphatic heterocycles. The number of hydrogen-bond acceptors (Lipinski definition) is 6. The van der Waals surface area contributed by atoms with E-state index in [0.717, 1.165) is 28.9 Å². The van der Waals surface area contributed by atoms with Crippen LogP contribution in [-0.4, -0.2) is 33.6 Å². The van der Waals surface area contributed by atoms with Gasteiger partial charge in [-0.2, -0.15) is 0 Å².